The highest BCUT2D eigenvalue weighted by molar-refractivity contribution is 7.09. The smallest absolute Gasteiger partial charge is 0.196 e. The molecule has 0 amide bonds. The normalized spacial score (nSPS) is 24.4. The first-order chi connectivity index (χ1) is 11.3. The molecule has 0 aliphatic carbocycles. The fourth-order valence-electron chi connectivity index (χ4n) is 3.28. The van der Waals surface area contributed by atoms with Gasteiger partial charge < -0.3 is 10.6 Å². The number of hydrogen-bond acceptors (Lipinski definition) is 5. The Hall–Kier alpha value is -2.14. The Morgan fingerprint density at radius 3 is 2.50 bits per heavy atom. The van der Waals surface area contributed by atoms with E-state index in [2.05, 4.69) is 56.6 Å². The van der Waals surface area contributed by atoms with E-state index in [0.29, 0.717) is 11.9 Å². The second-order valence-corrected chi connectivity index (χ2v) is 7.65. The van der Waals surface area contributed by atoms with E-state index in [1.165, 1.54) is 11.1 Å². The Morgan fingerprint density at radius 2 is 1.96 bits per heavy atom. The van der Waals surface area contributed by atoms with Crippen LogP contribution in [0.2, 0.25) is 0 Å². The molecule has 1 unspecified atom stereocenters. The van der Waals surface area contributed by atoms with Gasteiger partial charge >= 0.3 is 0 Å². The molecule has 0 spiro atoms. The fourth-order valence-corrected chi connectivity index (χ4v) is 4.05. The summed E-state index contributed by atoms with van der Waals surface area (Å²) in [7, 11) is 1.91. The minimum absolute atomic E-state index is 0.00200. The van der Waals surface area contributed by atoms with E-state index in [-0.39, 0.29) is 5.92 Å². The molecular formula is C19H24N4S. The highest BCUT2D eigenvalue weighted by Gasteiger charge is 2.45. The van der Waals surface area contributed by atoms with Gasteiger partial charge in [0.1, 0.15) is 10.5 Å². The van der Waals surface area contributed by atoms with E-state index in [0.717, 1.165) is 10.7 Å². The van der Waals surface area contributed by atoms with Crippen molar-refractivity contribution in [1.82, 2.24) is 9.88 Å². The molecule has 4 nitrogen and oxygen atoms in total. The third kappa shape index (κ3) is 2.63. The minimum atomic E-state index is -0.540. The molecule has 5 heteroatoms. The fraction of sp³-hybridized carbons (Fsp3) is 0.368. The van der Waals surface area contributed by atoms with Crippen LogP contribution in [-0.2, 0) is 5.54 Å². The third-order valence-electron chi connectivity index (χ3n) is 4.82. The van der Waals surface area contributed by atoms with Crippen LogP contribution in [0.15, 0.2) is 53.1 Å². The summed E-state index contributed by atoms with van der Waals surface area (Å²) in [6.45, 7) is 10.8. The van der Waals surface area contributed by atoms with Gasteiger partial charge in [-0.2, -0.15) is 0 Å². The van der Waals surface area contributed by atoms with Crippen LogP contribution in [-0.4, -0.2) is 22.9 Å². The predicted molar refractivity (Wildman–Crippen MR) is 101 cm³/mol. The van der Waals surface area contributed by atoms with Gasteiger partial charge in [-0.3, -0.25) is 0 Å². The highest BCUT2D eigenvalue weighted by atomic mass is 32.1. The Kier molecular flexibility index (Phi) is 4.22. The SMILES string of the molecule is C=C1C(c2ccc(C(C)C)cc2)[C@@](C)(c2nccs2)N=C(N)N1C. The van der Waals surface area contributed by atoms with E-state index in [1.54, 1.807) is 11.3 Å². The summed E-state index contributed by atoms with van der Waals surface area (Å²) in [5, 5.41) is 2.93. The molecule has 1 aliphatic rings. The Balaban J connectivity index is 2.13. The summed E-state index contributed by atoms with van der Waals surface area (Å²) >= 11 is 1.61. The van der Waals surface area contributed by atoms with Gasteiger partial charge in [0.15, 0.2) is 5.96 Å². The maximum atomic E-state index is 6.15. The van der Waals surface area contributed by atoms with Gasteiger partial charge in [0.05, 0.1) is 5.92 Å². The van der Waals surface area contributed by atoms with Crippen LogP contribution in [0.1, 0.15) is 48.7 Å². The molecule has 0 saturated heterocycles. The maximum absolute atomic E-state index is 6.15. The van der Waals surface area contributed by atoms with Crippen molar-refractivity contribution in [3.63, 3.8) is 0 Å². The van der Waals surface area contributed by atoms with E-state index in [1.807, 2.05) is 23.5 Å². The molecule has 3 rings (SSSR count). The monoisotopic (exact) mass is 340 g/mol. The minimum Gasteiger partial charge on any atom is -0.370 e. The lowest BCUT2D eigenvalue weighted by Crippen LogP contribution is -2.47. The van der Waals surface area contributed by atoms with Crippen LogP contribution in [0.5, 0.6) is 0 Å². The van der Waals surface area contributed by atoms with E-state index in [4.69, 9.17) is 10.7 Å². The maximum Gasteiger partial charge on any atom is 0.196 e. The van der Waals surface area contributed by atoms with Gasteiger partial charge in [0.25, 0.3) is 0 Å². The number of thiazole rings is 1. The molecule has 0 bridgehead atoms. The average molecular weight is 340 g/mol. The molecule has 24 heavy (non-hydrogen) atoms. The number of benzene rings is 1. The zero-order valence-corrected chi connectivity index (χ0v) is 15.5. The number of nitrogens with two attached hydrogens (primary N) is 1. The molecule has 2 aromatic rings. The molecule has 1 aliphatic heterocycles. The largest absolute Gasteiger partial charge is 0.370 e. The van der Waals surface area contributed by atoms with Crippen molar-refractivity contribution in [3.05, 3.63) is 64.3 Å². The highest BCUT2D eigenvalue weighted by Crippen LogP contribution is 2.48. The topological polar surface area (TPSA) is 54.5 Å². The Morgan fingerprint density at radius 1 is 1.29 bits per heavy atom. The predicted octanol–water partition coefficient (Wildman–Crippen LogP) is 4.04. The number of rotatable bonds is 3. The first-order valence-electron chi connectivity index (χ1n) is 8.12. The summed E-state index contributed by atoms with van der Waals surface area (Å²) in [6.07, 6.45) is 1.82. The van der Waals surface area contributed by atoms with Crippen LogP contribution >= 0.6 is 11.3 Å². The Bertz CT molecular complexity index is 761. The molecule has 2 heterocycles. The average Bonchev–Trinajstić information content (AvgIpc) is 3.08. The second-order valence-electron chi connectivity index (χ2n) is 6.76. The zero-order chi connectivity index (χ0) is 17.5. The van der Waals surface area contributed by atoms with E-state index in [9.17, 15) is 0 Å². The number of guanidine groups is 1. The van der Waals surface area contributed by atoms with Crippen molar-refractivity contribution < 1.29 is 0 Å². The van der Waals surface area contributed by atoms with Crippen LogP contribution in [0.25, 0.3) is 0 Å². The van der Waals surface area contributed by atoms with Gasteiger partial charge in [-0.15, -0.1) is 11.3 Å². The summed E-state index contributed by atoms with van der Waals surface area (Å²) in [5.41, 5.74) is 9.06. The quantitative estimate of drug-likeness (QED) is 0.917. The van der Waals surface area contributed by atoms with Crippen molar-refractivity contribution in [2.45, 2.75) is 38.1 Å². The van der Waals surface area contributed by atoms with Gasteiger partial charge in [0, 0.05) is 24.3 Å². The molecule has 2 atom stereocenters. The lowest BCUT2D eigenvalue weighted by molar-refractivity contribution is 0.348. The molecule has 0 fully saturated rings. The van der Waals surface area contributed by atoms with E-state index >= 15 is 0 Å². The van der Waals surface area contributed by atoms with Crippen molar-refractivity contribution in [2.75, 3.05) is 7.05 Å². The standard InChI is InChI=1S/C19H24N4S/c1-12(2)14-6-8-15(9-7-14)16-13(3)23(5)18(20)22-19(16,4)17-21-10-11-24-17/h6-12,16H,3H2,1-2,4-5H3,(H2,20,22)/t16?,19-/m0/s1. The van der Waals surface area contributed by atoms with Gasteiger partial charge in [-0.25, -0.2) is 9.98 Å². The van der Waals surface area contributed by atoms with Crippen molar-refractivity contribution in [1.29, 1.82) is 0 Å². The lowest BCUT2D eigenvalue weighted by atomic mass is 9.77. The van der Waals surface area contributed by atoms with Gasteiger partial charge in [0.2, 0.25) is 0 Å². The summed E-state index contributed by atoms with van der Waals surface area (Å²) in [4.78, 5) is 11.2. The first kappa shape index (κ1) is 16.7. The molecule has 2 N–H and O–H groups in total. The first-order valence-corrected chi connectivity index (χ1v) is 9.00. The third-order valence-corrected chi connectivity index (χ3v) is 5.82. The molecule has 0 saturated carbocycles. The number of hydrogen-bond donors (Lipinski definition) is 1. The summed E-state index contributed by atoms with van der Waals surface area (Å²) < 4.78 is 0. The molecular weight excluding hydrogens is 316 g/mol. The Labute approximate surface area is 147 Å². The number of likely N-dealkylation sites (N-methyl/N-ethyl adjacent to an activating group) is 1. The molecule has 0 radical (unpaired) electrons. The van der Waals surface area contributed by atoms with Gasteiger partial charge in [-0.1, -0.05) is 44.7 Å². The lowest BCUT2D eigenvalue weighted by Gasteiger charge is -2.42. The van der Waals surface area contributed by atoms with Crippen LogP contribution < -0.4 is 5.73 Å². The van der Waals surface area contributed by atoms with E-state index < -0.39 is 5.54 Å². The summed E-state index contributed by atoms with van der Waals surface area (Å²) in [5.74, 6) is 0.991. The van der Waals surface area contributed by atoms with Crippen molar-refractivity contribution >= 4 is 17.3 Å². The van der Waals surface area contributed by atoms with Gasteiger partial charge in [-0.05, 0) is 24.0 Å². The van der Waals surface area contributed by atoms with Crippen molar-refractivity contribution in [3.8, 4) is 0 Å². The molecule has 126 valence electrons. The number of aromatic nitrogens is 1. The second kappa shape index (κ2) is 6.06. The molecule has 1 aromatic heterocycles. The number of aliphatic imine (C=N–C) groups is 1. The summed E-state index contributed by atoms with van der Waals surface area (Å²) in [6, 6.07) is 8.75. The van der Waals surface area contributed by atoms with Crippen LogP contribution in [0.4, 0.5) is 0 Å². The van der Waals surface area contributed by atoms with Crippen LogP contribution in [0.3, 0.4) is 0 Å². The zero-order valence-electron chi connectivity index (χ0n) is 14.7. The number of nitrogens with zero attached hydrogens (tertiary/aromatic N) is 3. The van der Waals surface area contributed by atoms with Crippen LogP contribution in [0, 0.1) is 0 Å². The molecule has 1 aromatic carbocycles. The van der Waals surface area contributed by atoms with Crippen molar-refractivity contribution in [2.24, 2.45) is 10.7 Å².